The number of hydrogen-bond donors (Lipinski definition) is 0. The molecule has 0 spiro atoms. The zero-order valence-electron chi connectivity index (χ0n) is 16.0. The number of carbonyl (C=O) groups excluding carboxylic acids is 1. The molecule has 28 heavy (non-hydrogen) atoms. The second kappa shape index (κ2) is 7.98. The van der Waals surface area contributed by atoms with Crippen LogP contribution in [0.2, 0.25) is 0 Å². The van der Waals surface area contributed by atoms with Gasteiger partial charge in [-0.15, -0.1) is 0 Å². The maximum Gasteiger partial charge on any atom is 0.256 e. The van der Waals surface area contributed by atoms with Crippen LogP contribution in [0.3, 0.4) is 0 Å². The Balaban J connectivity index is 2.33. The molecule has 0 unspecified atom stereocenters. The van der Waals surface area contributed by atoms with Crippen molar-refractivity contribution < 1.29 is 17.9 Å². The Morgan fingerprint density at radius 1 is 1.07 bits per heavy atom. The minimum Gasteiger partial charge on any atom is -0.497 e. The third-order valence-electron chi connectivity index (χ3n) is 4.63. The molecule has 0 saturated carbocycles. The number of ether oxygens (including phenoxy) is 1. The van der Waals surface area contributed by atoms with Gasteiger partial charge >= 0.3 is 0 Å². The first kappa shape index (κ1) is 19.8. The van der Waals surface area contributed by atoms with Crippen LogP contribution in [-0.4, -0.2) is 44.4 Å². The van der Waals surface area contributed by atoms with Crippen molar-refractivity contribution in [3.63, 3.8) is 0 Å². The molecule has 0 aliphatic carbocycles. The highest BCUT2D eigenvalue weighted by Crippen LogP contribution is 2.32. The van der Waals surface area contributed by atoms with Crippen molar-refractivity contribution >= 4 is 26.6 Å². The smallest absolute Gasteiger partial charge is 0.256 e. The van der Waals surface area contributed by atoms with E-state index in [0.717, 1.165) is 0 Å². The molecule has 2 aromatic carbocycles. The van der Waals surface area contributed by atoms with Crippen LogP contribution in [0, 0.1) is 0 Å². The van der Waals surface area contributed by atoms with Crippen LogP contribution >= 0.6 is 0 Å². The molecule has 0 fully saturated rings. The molecule has 0 atom stereocenters. The number of benzene rings is 2. The Hall–Kier alpha value is -2.93. The number of amides is 1. The van der Waals surface area contributed by atoms with Gasteiger partial charge in [-0.1, -0.05) is 24.3 Å². The molecule has 1 aromatic heterocycles. The molecule has 146 valence electrons. The van der Waals surface area contributed by atoms with E-state index in [9.17, 15) is 13.2 Å². The molecule has 0 aliphatic rings. The molecule has 3 rings (SSSR count). The van der Waals surface area contributed by atoms with Gasteiger partial charge in [0.25, 0.3) is 5.91 Å². The second-order valence-electron chi connectivity index (χ2n) is 6.18. The molecule has 0 radical (unpaired) electrons. The molecular weight excluding hydrogens is 376 g/mol. The number of rotatable bonds is 6. The number of pyridine rings is 1. The quantitative estimate of drug-likeness (QED) is 0.635. The van der Waals surface area contributed by atoms with E-state index >= 15 is 0 Å². The summed E-state index contributed by atoms with van der Waals surface area (Å²) in [5.74, 6) is 0.0702. The number of hydrogen-bond acceptors (Lipinski definition) is 5. The van der Waals surface area contributed by atoms with E-state index in [1.54, 1.807) is 41.3 Å². The first-order valence-corrected chi connectivity index (χ1v) is 10.5. The topological polar surface area (TPSA) is 76.6 Å². The molecule has 0 bridgehead atoms. The van der Waals surface area contributed by atoms with E-state index in [1.165, 1.54) is 25.4 Å². The number of methoxy groups -OCH3 is 1. The van der Waals surface area contributed by atoms with Gasteiger partial charge in [-0.25, -0.2) is 8.42 Å². The molecule has 0 saturated heterocycles. The maximum absolute atomic E-state index is 13.6. The Labute approximate surface area is 164 Å². The monoisotopic (exact) mass is 398 g/mol. The lowest BCUT2D eigenvalue weighted by atomic mass is 10.1. The van der Waals surface area contributed by atoms with Gasteiger partial charge in [0, 0.05) is 24.7 Å². The third kappa shape index (κ3) is 3.45. The number of fused-ring (bicyclic) bond motifs is 1. The van der Waals surface area contributed by atoms with Crippen molar-refractivity contribution in [3.8, 4) is 5.75 Å². The number of nitrogens with zero attached hydrogens (tertiary/aromatic N) is 2. The first-order valence-electron chi connectivity index (χ1n) is 9.00. The van der Waals surface area contributed by atoms with Gasteiger partial charge in [0.2, 0.25) is 9.84 Å². The molecule has 7 heteroatoms. The summed E-state index contributed by atoms with van der Waals surface area (Å²) in [4.78, 5) is 19.0. The highest BCUT2D eigenvalue weighted by atomic mass is 32.2. The van der Waals surface area contributed by atoms with Crippen LogP contribution in [0.15, 0.2) is 64.5 Å². The van der Waals surface area contributed by atoms with Gasteiger partial charge in [0.15, 0.2) is 0 Å². The van der Waals surface area contributed by atoms with Crippen LogP contribution in [0.5, 0.6) is 5.75 Å². The molecule has 1 amide bonds. The molecular formula is C21H22N2O4S. The Bertz CT molecular complexity index is 1120. The van der Waals surface area contributed by atoms with E-state index in [1.807, 2.05) is 13.8 Å². The fourth-order valence-electron chi connectivity index (χ4n) is 3.13. The Morgan fingerprint density at radius 2 is 1.79 bits per heavy atom. The molecule has 0 aliphatic heterocycles. The minimum absolute atomic E-state index is 0.0248. The van der Waals surface area contributed by atoms with Gasteiger partial charge in [0.1, 0.15) is 5.75 Å². The number of para-hydroxylation sites is 1. The predicted molar refractivity (Wildman–Crippen MR) is 107 cm³/mol. The van der Waals surface area contributed by atoms with Crippen LogP contribution in [0.4, 0.5) is 0 Å². The van der Waals surface area contributed by atoms with E-state index in [4.69, 9.17) is 4.74 Å². The summed E-state index contributed by atoms with van der Waals surface area (Å²) in [6.07, 6.45) is 1.36. The van der Waals surface area contributed by atoms with Gasteiger partial charge in [-0.05, 0) is 38.1 Å². The van der Waals surface area contributed by atoms with Crippen molar-refractivity contribution in [1.82, 2.24) is 9.88 Å². The zero-order chi connectivity index (χ0) is 20.3. The first-order chi connectivity index (χ1) is 13.4. The number of carbonyl (C=O) groups is 1. The summed E-state index contributed by atoms with van der Waals surface area (Å²) in [7, 11) is -2.52. The lowest BCUT2D eigenvalue weighted by molar-refractivity contribution is 0.0769. The zero-order valence-corrected chi connectivity index (χ0v) is 16.9. The highest BCUT2D eigenvalue weighted by molar-refractivity contribution is 7.91. The van der Waals surface area contributed by atoms with Crippen LogP contribution in [-0.2, 0) is 9.84 Å². The fraction of sp³-hybridized carbons (Fsp3) is 0.238. The van der Waals surface area contributed by atoms with Gasteiger partial charge in [0.05, 0.1) is 28.0 Å². The summed E-state index contributed by atoms with van der Waals surface area (Å²) in [5, 5.41) is 0.420. The number of aromatic nitrogens is 1. The Kier molecular flexibility index (Phi) is 5.65. The van der Waals surface area contributed by atoms with Crippen molar-refractivity contribution in [2.45, 2.75) is 23.6 Å². The SMILES string of the molecule is CCN(CC)C(=O)c1cnc2ccccc2c1S(=O)(=O)c1cccc(OC)c1. The molecule has 6 nitrogen and oxygen atoms in total. The van der Waals surface area contributed by atoms with E-state index in [0.29, 0.717) is 29.7 Å². The lowest BCUT2D eigenvalue weighted by Gasteiger charge is -2.21. The van der Waals surface area contributed by atoms with Crippen LogP contribution in [0.1, 0.15) is 24.2 Å². The van der Waals surface area contributed by atoms with Crippen molar-refractivity contribution in [2.24, 2.45) is 0 Å². The summed E-state index contributed by atoms with van der Waals surface area (Å²) >= 11 is 0. The predicted octanol–water partition coefficient (Wildman–Crippen LogP) is 3.56. The van der Waals surface area contributed by atoms with Crippen molar-refractivity contribution in [3.05, 3.63) is 60.3 Å². The Morgan fingerprint density at radius 3 is 2.46 bits per heavy atom. The summed E-state index contributed by atoms with van der Waals surface area (Å²) < 4.78 is 32.3. The highest BCUT2D eigenvalue weighted by Gasteiger charge is 2.29. The average Bonchev–Trinajstić information content (AvgIpc) is 2.73. The van der Waals surface area contributed by atoms with Gasteiger partial charge in [-0.2, -0.15) is 0 Å². The fourth-order valence-corrected chi connectivity index (χ4v) is 4.78. The van der Waals surface area contributed by atoms with E-state index < -0.39 is 9.84 Å². The minimum atomic E-state index is -3.99. The summed E-state index contributed by atoms with van der Waals surface area (Å²) in [6.45, 7) is 4.65. The summed E-state index contributed by atoms with van der Waals surface area (Å²) in [5.41, 5.74) is 0.588. The lowest BCUT2D eigenvalue weighted by Crippen LogP contribution is -2.31. The normalized spacial score (nSPS) is 11.4. The summed E-state index contributed by atoms with van der Waals surface area (Å²) in [6, 6.07) is 13.2. The van der Waals surface area contributed by atoms with Crippen LogP contribution < -0.4 is 4.74 Å². The number of sulfone groups is 1. The van der Waals surface area contributed by atoms with E-state index in [-0.39, 0.29) is 21.3 Å². The largest absolute Gasteiger partial charge is 0.497 e. The third-order valence-corrected chi connectivity index (χ3v) is 6.48. The maximum atomic E-state index is 13.6. The van der Waals surface area contributed by atoms with Gasteiger partial charge in [-0.3, -0.25) is 9.78 Å². The standard InChI is InChI=1S/C21H22N2O4S/c1-4-23(5-2)21(24)18-14-22-19-12-7-6-11-17(19)20(18)28(25,26)16-10-8-9-15(13-16)27-3/h6-14H,4-5H2,1-3H3. The molecule has 3 aromatic rings. The van der Waals surface area contributed by atoms with Crippen molar-refractivity contribution in [1.29, 1.82) is 0 Å². The van der Waals surface area contributed by atoms with Crippen molar-refractivity contribution in [2.75, 3.05) is 20.2 Å². The average molecular weight is 398 g/mol. The second-order valence-corrected chi connectivity index (χ2v) is 8.06. The van der Waals surface area contributed by atoms with E-state index in [2.05, 4.69) is 4.98 Å². The van der Waals surface area contributed by atoms with Gasteiger partial charge < -0.3 is 9.64 Å². The molecule has 1 heterocycles. The molecule has 0 N–H and O–H groups in total. The van der Waals surface area contributed by atoms with Crippen LogP contribution in [0.25, 0.3) is 10.9 Å².